The molecule has 0 spiro atoms. The molecule has 2 rings (SSSR count). The van der Waals surface area contributed by atoms with Crippen molar-refractivity contribution in [2.45, 2.75) is 33.1 Å². The molecule has 0 radical (unpaired) electrons. The van der Waals surface area contributed by atoms with Crippen LogP contribution in [0.5, 0.6) is 0 Å². The van der Waals surface area contributed by atoms with Crippen LogP contribution >= 0.6 is 11.6 Å². The van der Waals surface area contributed by atoms with Gasteiger partial charge in [-0.25, -0.2) is 0 Å². The third-order valence-electron chi connectivity index (χ3n) is 4.15. The molecule has 0 saturated carbocycles. The Morgan fingerprint density at radius 2 is 1.89 bits per heavy atom. The van der Waals surface area contributed by atoms with Gasteiger partial charge in [0.15, 0.2) is 11.0 Å². The van der Waals surface area contributed by atoms with Crippen LogP contribution in [0.15, 0.2) is 0 Å². The van der Waals surface area contributed by atoms with Gasteiger partial charge in [0.1, 0.15) is 0 Å². The van der Waals surface area contributed by atoms with Crippen molar-refractivity contribution in [1.82, 2.24) is 15.1 Å². The molecule has 1 saturated heterocycles. The fourth-order valence-electron chi connectivity index (χ4n) is 2.49. The number of nitrogens with one attached hydrogen (secondary N) is 1. The second-order valence-electron chi connectivity index (χ2n) is 5.55. The predicted molar refractivity (Wildman–Crippen MR) is 79.8 cm³/mol. The Kier molecular flexibility index (Phi) is 4.99. The van der Waals surface area contributed by atoms with Crippen LogP contribution in [0.1, 0.15) is 30.4 Å². The lowest BCUT2D eigenvalue weighted by molar-refractivity contribution is 0.215. The molecule has 1 aliphatic heterocycles. The summed E-state index contributed by atoms with van der Waals surface area (Å²) < 4.78 is 0. The summed E-state index contributed by atoms with van der Waals surface area (Å²) in [6, 6.07) is 0. The van der Waals surface area contributed by atoms with E-state index in [0.29, 0.717) is 5.15 Å². The van der Waals surface area contributed by atoms with Gasteiger partial charge in [0.25, 0.3) is 0 Å². The number of hydrogen-bond acceptors (Lipinski definition) is 4. The molecule has 4 nitrogen and oxygen atoms in total. The molecule has 0 amide bonds. The van der Waals surface area contributed by atoms with E-state index in [1.807, 2.05) is 13.8 Å². The van der Waals surface area contributed by atoms with E-state index >= 15 is 0 Å². The summed E-state index contributed by atoms with van der Waals surface area (Å²) in [5, 5.41) is 12.0. The van der Waals surface area contributed by atoms with Gasteiger partial charge in [-0.05, 0) is 70.3 Å². The van der Waals surface area contributed by atoms with Crippen LogP contribution in [-0.2, 0) is 0 Å². The minimum absolute atomic E-state index is 0.498. The van der Waals surface area contributed by atoms with Crippen LogP contribution in [0.2, 0.25) is 5.15 Å². The predicted octanol–water partition coefficient (Wildman–Crippen LogP) is 2.89. The minimum Gasteiger partial charge on any atom is -0.368 e. The summed E-state index contributed by atoms with van der Waals surface area (Å²) >= 11 is 5.95. The maximum Gasteiger partial charge on any atom is 0.155 e. The zero-order valence-electron chi connectivity index (χ0n) is 12.0. The van der Waals surface area contributed by atoms with Crippen molar-refractivity contribution >= 4 is 17.4 Å². The third kappa shape index (κ3) is 3.80. The Morgan fingerprint density at radius 3 is 2.58 bits per heavy atom. The van der Waals surface area contributed by atoms with Gasteiger partial charge < -0.3 is 10.2 Å². The molecular formula is C14H23ClN4. The van der Waals surface area contributed by atoms with Crippen LogP contribution in [0.25, 0.3) is 0 Å². The lowest BCUT2D eigenvalue weighted by Gasteiger charge is -2.29. The zero-order valence-corrected chi connectivity index (χ0v) is 12.8. The molecule has 0 bridgehead atoms. The fraction of sp³-hybridized carbons (Fsp3) is 0.714. The van der Waals surface area contributed by atoms with Crippen molar-refractivity contribution in [3.63, 3.8) is 0 Å². The van der Waals surface area contributed by atoms with Gasteiger partial charge in [-0.2, -0.15) is 0 Å². The summed E-state index contributed by atoms with van der Waals surface area (Å²) in [7, 11) is 2.20. The van der Waals surface area contributed by atoms with Crippen molar-refractivity contribution in [3.05, 3.63) is 16.3 Å². The van der Waals surface area contributed by atoms with Crippen LogP contribution < -0.4 is 5.32 Å². The number of anilines is 1. The number of rotatable bonds is 4. The SMILES string of the molecule is Cc1c(Cl)nnc(NCCC2CCN(C)CC2)c1C. The number of nitrogens with zero attached hydrogens (tertiary/aromatic N) is 3. The molecule has 1 aliphatic rings. The molecule has 0 unspecified atom stereocenters. The monoisotopic (exact) mass is 282 g/mol. The highest BCUT2D eigenvalue weighted by Crippen LogP contribution is 2.22. The van der Waals surface area contributed by atoms with Crippen LogP contribution in [0, 0.1) is 19.8 Å². The highest BCUT2D eigenvalue weighted by atomic mass is 35.5. The van der Waals surface area contributed by atoms with E-state index in [9.17, 15) is 0 Å². The number of halogens is 1. The van der Waals surface area contributed by atoms with E-state index in [1.165, 1.54) is 32.4 Å². The Hall–Kier alpha value is -0.870. The Morgan fingerprint density at radius 1 is 1.21 bits per heavy atom. The Balaban J connectivity index is 1.81. The standard InChI is InChI=1S/C14H23ClN4/c1-10-11(2)14(18-17-13(10)15)16-7-4-12-5-8-19(3)9-6-12/h12H,4-9H2,1-3H3,(H,16,18). The van der Waals surface area contributed by atoms with Crippen molar-refractivity contribution in [1.29, 1.82) is 0 Å². The largest absolute Gasteiger partial charge is 0.368 e. The van der Waals surface area contributed by atoms with E-state index in [2.05, 4.69) is 27.5 Å². The highest BCUT2D eigenvalue weighted by molar-refractivity contribution is 6.30. The van der Waals surface area contributed by atoms with Gasteiger partial charge in [0, 0.05) is 6.54 Å². The maximum absolute atomic E-state index is 5.95. The average Bonchev–Trinajstić information content (AvgIpc) is 2.41. The topological polar surface area (TPSA) is 41.1 Å². The molecule has 0 aromatic carbocycles. The summed E-state index contributed by atoms with van der Waals surface area (Å²) in [6.45, 7) is 7.43. The van der Waals surface area contributed by atoms with E-state index < -0.39 is 0 Å². The van der Waals surface area contributed by atoms with Gasteiger partial charge in [-0.1, -0.05) is 11.6 Å². The smallest absolute Gasteiger partial charge is 0.155 e. The van der Waals surface area contributed by atoms with Crippen molar-refractivity contribution in [3.8, 4) is 0 Å². The Labute approximate surface area is 120 Å². The quantitative estimate of drug-likeness (QED) is 0.922. The van der Waals surface area contributed by atoms with Crippen molar-refractivity contribution in [2.24, 2.45) is 5.92 Å². The first-order chi connectivity index (χ1) is 9.08. The van der Waals surface area contributed by atoms with Crippen LogP contribution in [-0.4, -0.2) is 41.8 Å². The molecule has 2 heterocycles. The first-order valence-corrected chi connectivity index (χ1v) is 7.37. The summed E-state index contributed by atoms with van der Waals surface area (Å²) in [6.07, 6.45) is 3.82. The van der Waals surface area contributed by atoms with Gasteiger partial charge >= 0.3 is 0 Å². The lowest BCUT2D eigenvalue weighted by atomic mass is 9.94. The summed E-state index contributed by atoms with van der Waals surface area (Å²) in [4.78, 5) is 2.40. The number of hydrogen-bond donors (Lipinski definition) is 1. The molecule has 19 heavy (non-hydrogen) atoms. The molecule has 106 valence electrons. The second kappa shape index (κ2) is 6.53. The molecule has 1 aromatic heterocycles. The van der Waals surface area contributed by atoms with E-state index in [4.69, 9.17) is 11.6 Å². The number of aromatic nitrogens is 2. The van der Waals surface area contributed by atoms with E-state index in [1.54, 1.807) is 0 Å². The van der Waals surface area contributed by atoms with Gasteiger partial charge in [0.2, 0.25) is 0 Å². The van der Waals surface area contributed by atoms with Gasteiger partial charge in [-0.15, -0.1) is 10.2 Å². The molecule has 0 atom stereocenters. The second-order valence-corrected chi connectivity index (χ2v) is 5.91. The molecule has 1 fully saturated rings. The fourth-order valence-corrected chi connectivity index (χ4v) is 2.67. The first kappa shape index (κ1) is 14.5. The van der Waals surface area contributed by atoms with E-state index in [-0.39, 0.29) is 0 Å². The third-order valence-corrected chi connectivity index (χ3v) is 4.51. The number of likely N-dealkylation sites (tertiary alicyclic amines) is 1. The molecule has 5 heteroatoms. The lowest BCUT2D eigenvalue weighted by Crippen LogP contribution is -2.30. The summed E-state index contributed by atoms with van der Waals surface area (Å²) in [5.41, 5.74) is 2.11. The van der Waals surface area contributed by atoms with Gasteiger partial charge in [0.05, 0.1) is 0 Å². The van der Waals surface area contributed by atoms with E-state index in [0.717, 1.165) is 29.4 Å². The maximum atomic E-state index is 5.95. The first-order valence-electron chi connectivity index (χ1n) is 6.99. The van der Waals surface area contributed by atoms with Crippen molar-refractivity contribution in [2.75, 3.05) is 32.0 Å². The normalized spacial score (nSPS) is 17.7. The molecule has 0 aliphatic carbocycles. The molecule has 1 aromatic rings. The molecular weight excluding hydrogens is 260 g/mol. The zero-order chi connectivity index (χ0) is 13.8. The van der Waals surface area contributed by atoms with Gasteiger partial charge in [-0.3, -0.25) is 0 Å². The Bertz CT molecular complexity index is 428. The van der Waals surface area contributed by atoms with Crippen LogP contribution in [0.4, 0.5) is 5.82 Å². The van der Waals surface area contributed by atoms with Crippen LogP contribution in [0.3, 0.4) is 0 Å². The summed E-state index contributed by atoms with van der Waals surface area (Å²) in [5.74, 6) is 1.71. The minimum atomic E-state index is 0.498. The van der Waals surface area contributed by atoms with Crippen molar-refractivity contribution < 1.29 is 0 Å². The number of piperidine rings is 1. The highest BCUT2D eigenvalue weighted by Gasteiger charge is 2.16. The average molecular weight is 283 g/mol. The molecule has 1 N–H and O–H groups in total.